The Kier molecular flexibility index (Phi) is 99.0. The van der Waals surface area contributed by atoms with Gasteiger partial charge in [-0.15, -0.1) is 0 Å². The lowest BCUT2D eigenvalue weighted by molar-refractivity contribution is 0.526. The minimum absolute atomic E-state index is 1.37. The number of hydrogen-bond acceptors (Lipinski definition) is 0. The van der Waals surface area contributed by atoms with E-state index in [1.807, 2.05) is 0 Å². The molecule has 0 aromatic rings. The Morgan fingerprint density at radius 3 is 0.159 bits per heavy atom. The molecule has 0 aromatic heterocycles. The van der Waals surface area contributed by atoms with Crippen molar-refractivity contribution in [2.75, 3.05) is 0 Å². The lowest BCUT2D eigenvalue weighted by atomic mass is 10.0. The summed E-state index contributed by atoms with van der Waals surface area (Å²) >= 11 is 0. The molecule has 0 N–H and O–H groups in total. The van der Waals surface area contributed by atoms with Gasteiger partial charge in [0.15, 0.2) is 0 Å². The lowest BCUT2D eigenvalue weighted by Crippen LogP contribution is -1.83. The van der Waals surface area contributed by atoms with E-state index in [0.717, 1.165) is 0 Å². The summed E-state index contributed by atoms with van der Waals surface area (Å²) in [6, 6.07) is 0. The fourth-order valence-corrected chi connectivity index (χ4v) is 9.39. The Bertz CT molecular complexity index is 636. The van der Waals surface area contributed by atoms with E-state index >= 15 is 0 Å². The van der Waals surface area contributed by atoms with Crippen LogP contribution in [0.5, 0.6) is 0 Å². The number of unbranched alkanes of at least 4 members (excludes halogenated alkanes) is 54. The van der Waals surface area contributed by atoms with Gasteiger partial charge in [-0.25, -0.2) is 0 Å². The molecule has 0 spiro atoms. The molecule has 0 heterocycles. The van der Waals surface area contributed by atoms with Gasteiger partial charge < -0.3 is 0 Å². The van der Waals surface area contributed by atoms with Gasteiger partial charge in [-0.05, 0) is 0 Å². The Labute approximate surface area is 446 Å². The third-order valence-electron chi connectivity index (χ3n) is 14.5. The fourth-order valence-electron chi connectivity index (χ4n) is 9.39. The van der Waals surface area contributed by atoms with Crippen LogP contribution in [-0.2, 0) is 0 Å². The van der Waals surface area contributed by atoms with Crippen molar-refractivity contribution >= 4 is 0 Å². The van der Waals surface area contributed by atoms with E-state index in [1.165, 1.54) is 379 Å². The van der Waals surface area contributed by atoms with Gasteiger partial charge in [0.1, 0.15) is 0 Å². The highest BCUT2D eigenvalue weighted by Crippen LogP contribution is 2.16. The molecule has 424 valence electrons. The molecule has 0 bridgehead atoms. The molecule has 69 heavy (non-hydrogen) atoms. The molecule has 0 saturated heterocycles. The van der Waals surface area contributed by atoms with Gasteiger partial charge in [-0.1, -0.05) is 448 Å². The monoisotopic (exact) mass is 977 g/mol. The molecule has 0 nitrogen and oxygen atoms in total. The van der Waals surface area contributed by atoms with Crippen LogP contribution in [0, 0.1) is 0 Å². The van der Waals surface area contributed by atoms with E-state index in [1.54, 1.807) is 0 Å². The van der Waals surface area contributed by atoms with Crippen molar-refractivity contribution in [1.82, 2.24) is 0 Å². The molecule has 0 atom stereocenters. The van der Waals surface area contributed by atoms with Crippen molar-refractivity contribution in [2.45, 2.75) is 448 Å². The third kappa shape index (κ3) is 102. The highest BCUT2D eigenvalue weighted by atomic mass is 14.0. The van der Waals surface area contributed by atoms with Gasteiger partial charge in [0.05, 0.1) is 0 Å². The van der Waals surface area contributed by atoms with Crippen LogP contribution in [0.1, 0.15) is 448 Å². The van der Waals surface area contributed by atoms with E-state index in [4.69, 9.17) is 0 Å². The van der Waals surface area contributed by atoms with Crippen molar-refractivity contribution in [3.05, 3.63) is 0 Å². The zero-order valence-electron chi connectivity index (χ0n) is 51.7. The first kappa shape index (κ1) is 77.9. The van der Waals surface area contributed by atoms with Gasteiger partial charge >= 0.3 is 0 Å². The zero-order chi connectivity index (χ0) is 51.7. The maximum Gasteiger partial charge on any atom is -0.0533 e. The number of rotatable bonds is 54. The van der Waals surface area contributed by atoms with Crippen LogP contribution in [0.4, 0.5) is 0 Å². The summed E-state index contributed by atoms with van der Waals surface area (Å²) in [6.45, 7) is 22.8. The second-order valence-electron chi connectivity index (χ2n) is 22.3. The van der Waals surface area contributed by atoms with Crippen molar-refractivity contribution in [3.63, 3.8) is 0 Å². The molecule has 0 saturated carbocycles. The molecule has 0 aliphatic rings. The van der Waals surface area contributed by atoms with E-state index < -0.39 is 0 Å². The van der Waals surface area contributed by atoms with Crippen molar-refractivity contribution in [3.8, 4) is 0 Å². The van der Waals surface area contributed by atoms with Crippen LogP contribution < -0.4 is 0 Å². The van der Waals surface area contributed by atoms with Gasteiger partial charge in [0.25, 0.3) is 0 Å². The predicted octanol–water partition coefficient (Wildman–Crippen LogP) is 28.1. The average Bonchev–Trinajstić information content (AvgIpc) is 3.36. The Balaban J connectivity index is -0.000000254. The molecule has 0 aromatic carbocycles. The first-order chi connectivity index (χ1) is 34.1. The van der Waals surface area contributed by atoms with Crippen LogP contribution in [0.15, 0.2) is 0 Å². The summed E-state index contributed by atoms with van der Waals surface area (Å²) in [7, 11) is 0. The minimum atomic E-state index is 1.37. The first-order valence-corrected chi connectivity index (χ1v) is 34.1. The summed E-state index contributed by atoms with van der Waals surface area (Å²) in [6.07, 6.45) is 85.7. The van der Waals surface area contributed by atoms with E-state index in [9.17, 15) is 0 Å². The highest BCUT2D eigenvalue weighted by Gasteiger charge is 1.96. The lowest BCUT2D eigenvalue weighted by Gasteiger charge is -2.03. The van der Waals surface area contributed by atoms with E-state index in [0.29, 0.717) is 0 Å². The molecule has 0 unspecified atom stereocenters. The maximum absolute atomic E-state index is 2.30. The molecular weight excluding hydrogens is 829 g/mol. The zero-order valence-corrected chi connectivity index (χ0v) is 51.7. The Morgan fingerprint density at radius 2 is 0.116 bits per heavy atom. The minimum Gasteiger partial charge on any atom is -0.0654 e. The van der Waals surface area contributed by atoms with Crippen LogP contribution in [0.25, 0.3) is 0 Å². The van der Waals surface area contributed by atoms with Crippen LogP contribution in [0.3, 0.4) is 0 Å². The largest absolute Gasteiger partial charge is 0.0654 e. The topological polar surface area (TPSA) is 0 Å². The molecular formula is C69H148. The standard InChI is InChI=1S/C20H42.C16H34.C12H26.C11H24.C10H22/c1-3-5-7-9-11-13-15-17-19-20-18-16-14-12-10-8-6-4-2;1-3-5-7-9-11-13-15-16-14-12-10-8-6-4-2;1-3-5-7-9-11-12-10-8-6-4-2;1-3-5-7-9-11-10-8-6-4-2;1-3-5-7-9-10-8-6-4-2/h3-20H2,1-2H3;3-16H2,1-2H3;3-12H2,1-2H3;3-11H2,1-2H3;3-10H2,1-2H3. The highest BCUT2D eigenvalue weighted by molar-refractivity contribution is 4.52. The molecule has 0 aliphatic heterocycles. The molecule has 0 radical (unpaired) electrons. The average molecular weight is 978 g/mol. The van der Waals surface area contributed by atoms with Crippen molar-refractivity contribution in [2.24, 2.45) is 0 Å². The fraction of sp³-hybridized carbons (Fsp3) is 1.00. The summed E-state index contributed by atoms with van der Waals surface area (Å²) in [5.41, 5.74) is 0. The number of hydrogen-bond donors (Lipinski definition) is 0. The quantitative estimate of drug-likeness (QED) is 0.0533. The summed E-state index contributed by atoms with van der Waals surface area (Å²) in [4.78, 5) is 0. The van der Waals surface area contributed by atoms with Gasteiger partial charge in [-0.2, -0.15) is 0 Å². The summed E-state index contributed by atoms with van der Waals surface area (Å²) < 4.78 is 0. The van der Waals surface area contributed by atoms with E-state index in [2.05, 4.69) is 69.2 Å². The first-order valence-electron chi connectivity index (χ1n) is 34.1. The van der Waals surface area contributed by atoms with E-state index in [-0.39, 0.29) is 0 Å². The third-order valence-corrected chi connectivity index (χ3v) is 14.5. The SMILES string of the molecule is CCCCCCCCCC.CCCCCCCCCCC.CCCCCCCCCCCC.CCCCCCCCCCCCCCCC.CCCCCCCCCCCCCCCCCCCC. The van der Waals surface area contributed by atoms with Crippen LogP contribution in [-0.4, -0.2) is 0 Å². The molecule has 0 rings (SSSR count). The van der Waals surface area contributed by atoms with Crippen LogP contribution >= 0.6 is 0 Å². The van der Waals surface area contributed by atoms with Gasteiger partial charge in [0.2, 0.25) is 0 Å². The summed E-state index contributed by atoms with van der Waals surface area (Å²) in [5.74, 6) is 0. The second-order valence-corrected chi connectivity index (χ2v) is 22.3. The smallest absolute Gasteiger partial charge is 0.0533 e. The Hall–Kier alpha value is 0. The molecule has 0 fully saturated rings. The molecule has 0 heteroatoms. The summed E-state index contributed by atoms with van der Waals surface area (Å²) in [5, 5.41) is 0. The normalized spacial score (nSPS) is 10.7. The molecule has 0 aliphatic carbocycles. The molecule has 0 amide bonds. The van der Waals surface area contributed by atoms with Crippen molar-refractivity contribution in [1.29, 1.82) is 0 Å². The van der Waals surface area contributed by atoms with Gasteiger partial charge in [-0.3, -0.25) is 0 Å². The van der Waals surface area contributed by atoms with Gasteiger partial charge in [0, 0.05) is 0 Å². The predicted molar refractivity (Wildman–Crippen MR) is 329 cm³/mol. The van der Waals surface area contributed by atoms with Crippen molar-refractivity contribution < 1.29 is 0 Å². The second kappa shape index (κ2) is 87.7. The Morgan fingerprint density at radius 1 is 0.0725 bits per heavy atom. The maximum atomic E-state index is 2.30. The van der Waals surface area contributed by atoms with Crippen LogP contribution in [0.2, 0.25) is 0 Å².